The van der Waals surface area contributed by atoms with Gasteiger partial charge in [-0.1, -0.05) is 18.2 Å². The molecule has 0 saturated carbocycles. The van der Waals surface area contributed by atoms with Gasteiger partial charge < -0.3 is 34.8 Å². The normalized spacial score (nSPS) is 13.2. The average Bonchev–Trinajstić information content (AvgIpc) is 2.66. The van der Waals surface area contributed by atoms with Crippen LogP contribution >= 0.6 is 0 Å². The Kier molecular flexibility index (Phi) is 7.66. The number of hydrogen-bond donors (Lipinski definition) is 4. The monoisotopic (exact) mass is 378 g/mol. The minimum Gasteiger partial charge on any atom is -0.503 e. The summed E-state index contributed by atoms with van der Waals surface area (Å²) in [5.74, 6) is 0.0343. The van der Waals surface area contributed by atoms with E-state index >= 15 is 0 Å². The summed E-state index contributed by atoms with van der Waals surface area (Å²) >= 11 is 0. The molecule has 0 amide bonds. The van der Waals surface area contributed by atoms with Crippen LogP contribution in [0.4, 0.5) is 0 Å². The van der Waals surface area contributed by atoms with Gasteiger partial charge in [-0.25, -0.2) is 0 Å². The van der Waals surface area contributed by atoms with Gasteiger partial charge in [0.05, 0.1) is 17.9 Å². The number of nitrogens with zero attached hydrogens (tertiary/aromatic N) is 1. The lowest BCUT2D eigenvalue weighted by atomic mass is 10.2. The van der Waals surface area contributed by atoms with Crippen molar-refractivity contribution in [3.05, 3.63) is 41.7 Å². The second-order valence-electron chi connectivity index (χ2n) is 6.03. The van der Waals surface area contributed by atoms with Crippen LogP contribution in [0.3, 0.4) is 0 Å². The Hall–Kier alpha value is -2.55. The van der Waals surface area contributed by atoms with Gasteiger partial charge in [0.2, 0.25) is 12.0 Å². The lowest BCUT2D eigenvalue weighted by Crippen LogP contribution is -2.38. The molecule has 1 aromatic heterocycles. The highest BCUT2D eigenvalue weighted by atomic mass is 16.7. The molecule has 0 radical (unpaired) electrons. The predicted molar refractivity (Wildman–Crippen MR) is 99.3 cm³/mol. The van der Waals surface area contributed by atoms with Gasteiger partial charge in [-0.3, -0.25) is 4.98 Å². The van der Waals surface area contributed by atoms with Crippen LogP contribution in [0.1, 0.15) is 11.4 Å². The van der Waals surface area contributed by atoms with Crippen molar-refractivity contribution in [3.63, 3.8) is 0 Å². The van der Waals surface area contributed by atoms with Crippen LogP contribution in [0.25, 0.3) is 0 Å². The summed E-state index contributed by atoms with van der Waals surface area (Å²) in [7, 11) is 1.54. The Morgan fingerprint density at radius 2 is 1.74 bits per heavy atom. The highest BCUT2D eigenvalue weighted by molar-refractivity contribution is 5.53. The van der Waals surface area contributed by atoms with Crippen LogP contribution in [0.2, 0.25) is 0 Å². The lowest BCUT2D eigenvalue weighted by Gasteiger charge is -2.20. The molecule has 1 aromatic carbocycles. The van der Waals surface area contributed by atoms with Crippen molar-refractivity contribution in [2.24, 2.45) is 0 Å². The summed E-state index contributed by atoms with van der Waals surface area (Å²) in [6.07, 6.45) is -1.36. The van der Waals surface area contributed by atoms with Crippen molar-refractivity contribution in [1.29, 1.82) is 0 Å². The van der Waals surface area contributed by atoms with Crippen molar-refractivity contribution in [3.8, 4) is 23.0 Å². The average molecular weight is 378 g/mol. The third kappa shape index (κ3) is 5.99. The Bertz CT molecular complexity index is 726. The Labute approximate surface area is 158 Å². The van der Waals surface area contributed by atoms with Crippen molar-refractivity contribution < 1.29 is 29.5 Å². The fourth-order valence-electron chi connectivity index (χ4n) is 2.41. The molecule has 0 spiro atoms. The van der Waals surface area contributed by atoms with E-state index < -0.39 is 12.4 Å². The zero-order valence-electron chi connectivity index (χ0n) is 15.7. The lowest BCUT2D eigenvalue weighted by molar-refractivity contribution is -0.0523. The molecule has 0 saturated heterocycles. The van der Waals surface area contributed by atoms with E-state index in [0.717, 1.165) is 0 Å². The fourth-order valence-corrected chi connectivity index (χ4v) is 2.41. The van der Waals surface area contributed by atoms with Gasteiger partial charge in [0.15, 0.2) is 11.5 Å². The van der Waals surface area contributed by atoms with E-state index in [-0.39, 0.29) is 30.4 Å². The standard InChI is InChI=1S/C19H26N2O6/c1-12-17(23)18(24)19(13(2)21-12)26-11-14(22)9-20-10-16(25-3)27-15-7-5-4-6-8-15/h4-8,14,16,20,22-23H,9-11H2,1-3H3,(H,21,24). The first kappa shape index (κ1) is 20.8. The van der Waals surface area contributed by atoms with E-state index in [1.807, 2.05) is 30.3 Å². The number of rotatable bonds is 10. The SMILES string of the molecule is COC(CNCC(O)COc1c(C)nc(C)c(O)c1O)Oc1ccccc1. The quantitative estimate of drug-likeness (QED) is 0.460. The van der Waals surface area contributed by atoms with Crippen LogP contribution in [-0.2, 0) is 4.74 Å². The first-order valence-electron chi connectivity index (χ1n) is 8.57. The van der Waals surface area contributed by atoms with Crippen molar-refractivity contribution in [2.75, 3.05) is 26.8 Å². The van der Waals surface area contributed by atoms with Gasteiger partial charge in [0, 0.05) is 13.7 Å². The second kappa shape index (κ2) is 9.96. The van der Waals surface area contributed by atoms with Gasteiger partial charge in [0.1, 0.15) is 18.5 Å². The minimum atomic E-state index is -0.846. The van der Waals surface area contributed by atoms with Crippen LogP contribution < -0.4 is 14.8 Å². The number of methoxy groups -OCH3 is 1. The van der Waals surface area contributed by atoms with Crippen LogP contribution in [0.15, 0.2) is 30.3 Å². The number of nitrogens with one attached hydrogen (secondary N) is 1. The van der Waals surface area contributed by atoms with E-state index in [4.69, 9.17) is 14.2 Å². The second-order valence-corrected chi connectivity index (χ2v) is 6.03. The summed E-state index contributed by atoms with van der Waals surface area (Å²) in [6, 6.07) is 9.28. The van der Waals surface area contributed by atoms with E-state index in [1.165, 1.54) is 7.11 Å². The number of aromatic hydroxyl groups is 2. The fraction of sp³-hybridized carbons (Fsp3) is 0.421. The molecule has 1 heterocycles. The summed E-state index contributed by atoms with van der Waals surface area (Å²) in [6.45, 7) is 3.73. The third-order valence-electron chi connectivity index (χ3n) is 3.83. The maximum absolute atomic E-state index is 10.1. The van der Waals surface area contributed by atoms with E-state index in [0.29, 0.717) is 23.7 Å². The molecule has 0 aliphatic rings. The topological polar surface area (TPSA) is 113 Å². The Morgan fingerprint density at radius 3 is 2.41 bits per heavy atom. The first-order valence-corrected chi connectivity index (χ1v) is 8.57. The zero-order valence-corrected chi connectivity index (χ0v) is 15.7. The molecule has 2 atom stereocenters. The summed E-state index contributed by atoms with van der Waals surface area (Å²) in [4.78, 5) is 4.08. The molecule has 0 aliphatic carbocycles. The molecular formula is C19H26N2O6. The summed E-state index contributed by atoms with van der Waals surface area (Å²) in [5.41, 5.74) is 0.738. The number of hydrogen-bond acceptors (Lipinski definition) is 8. The predicted octanol–water partition coefficient (Wildman–Crippen LogP) is 1.49. The third-order valence-corrected chi connectivity index (χ3v) is 3.83. The molecule has 4 N–H and O–H groups in total. The van der Waals surface area contributed by atoms with Crippen molar-refractivity contribution in [2.45, 2.75) is 26.2 Å². The number of pyridine rings is 1. The number of ether oxygens (including phenoxy) is 3. The van der Waals surface area contributed by atoms with Gasteiger partial charge in [0.25, 0.3) is 0 Å². The van der Waals surface area contributed by atoms with Crippen LogP contribution in [0.5, 0.6) is 23.0 Å². The number of para-hydroxylation sites is 1. The molecule has 8 heteroatoms. The van der Waals surface area contributed by atoms with Gasteiger partial charge in [-0.2, -0.15) is 0 Å². The number of aliphatic hydroxyl groups is 1. The van der Waals surface area contributed by atoms with E-state index in [1.54, 1.807) is 13.8 Å². The number of aliphatic hydroxyl groups excluding tert-OH is 1. The molecule has 2 aromatic rings. The highest BCUT2D eigenvalue weighted by Gasteiger charge is 2.17. The van der Waals surface area contributed by atoms with Crippen LogP contribution in [-0.4, -0.2) is 59.5 Å². The Morgan fingerprint density at radius 1 is 1.04 bits per heavy atom. The summed E-state index contributed by atoms with van der Waals surface area (Å²) < 4.78 is 16.3. The Balaban J connectivity index is 1.78. The molecule has 27 heavy (non-hydrogen) atoms. The molecule has 0 fully saturated rings. The van der Waals surface area contributed by atoms with Gasteiger partial charge >= 0.3 is 0 Å². The highest BCUT2D eigenvalue weighted by Crippen LogP contribution is 2.38. The molecular weight excluding hydrogens is 352 g/mol. The molecule has 2 rings (SSSR count). The van der Waals surface area contributed by atoms with E-state index in [9.17, 15) is 15.3 Å². The molecule has 148 valence electrons. The largest absolute Gasteiger partial charge is 0.503 e. The number of aryl methyl sites for hydroxylation is 2. The van der Waals surface area contributed by atoms with Crippen molar-refractivity contribution >= 4 is 0 Å². The molecule has 0 bridgehead atoms. The maximum atomic E-state index is 10.1. The van der Waals surface area contributed by atoms with Crippen molar-refractivity contribution in [1.82, 2.24) is 10.3 Å². The minimum absolute atomic E-state index is 0.0549. The summed E-state index contributed by atoms with van der Waals surface area (Å²) in [5, 5.41) is 32.8. The maximum Gasteiger partial charge on any atom is 0.212 e. The van der Waals surface area contributed by atoms with E-state index in [2.05, 4.69) is 10.3 Å². The van der Waals surface area contributed by atoms with Gasteiger partial charge in [-0.05, 0) is 26.0 Å². The van der Waals surface area contributed by atoms with Gasteiger partial charge in [-0.15, -0.1) is 0 Å². The molecule has 2 unspecified atom stereocenters. The molecule has 8 nitrogen and oxygen atoms in total. The first-order chi connectivity index (χ1) is 12.9. The zero-order chi connectivity index (χ0) is 19.8. The smallest absolute Gasteiger partial charge is 0.212 e. The van der Waals surface area contributed by atoms with Crippen LogP contribution in [0, 0.1) is 13.8 Å². The number of aromatic nitrogens is 1. The number of benzene rings is 1. The molecule has 0 aliphatic heterocycles.